The normalized spacial score (nSPS) is 18.5. The van der Waals surface area contributed by atoms with Crippen LogP contribution in [-0.2, 0) is 13.1 Å². The van der Waals surface area contributed by atoms with Gasteiger partial charge in [0.25, 0.3) is 0 Å². The van der Waals surface area contributed by atoms with Gasteiger partial charge in [-0.3, -0.25) is 0 Å². The number of rotatable bonds is 5. The fourth-order valence-corrected chi connectivity index (χ4v) is 3.30. The van der Waals surface area contributed by atoms with E-state index >= 15 is 0 Å². The van der Waals surface area contributed by atoms with E-state index in [0.29, 0.717) is 12.0 Å². The Morgan fingerprint density at radius 3 is 2.38 bits per heavy atom. The highest BCUT2D eigenvalue weighted by Crippen LogP contribution is 2.46. The summed E-state index contributed by atoms with van der Waals surface area (Å²) in [5.41, 5.74) is 2.92. The molecule has 0 saturated carbocycles. The maximum Gasteiger partial charge on any atom is 0.194 e. The van der Waals surface area contributed by atoms with Crippen molar-refractivity contribution in [3.8, 4) is 0 Å². The quantitative estimate of drug-likeness (QED) is 0.661. The number of hydrogen-bond donors (Lipinski definition) is 1. The van der Waals surface area contributed by atoms with Crippen LogP contribution in [-0.4, -0.2) is 39.0 Å². The van der Waals surface area contributed by atoms with E-state index in [9.17, 15) is 0 Å². The van der Waals surface area contributed by atoms with Crippen molar-refractivity contribution >= 4 is 5.96 Å². The van der Waals surface area contributed by atoms with Gasteiger partial charge in [0, 0.05) is 43.0 Å². The van der Waals surface area contributed by atoms with Gasteiger partial charge in [0.2, 0.25) is 0 Å². The monoisotopic (exact) mass is 353 g/mol. The Bertz CT molecular complexity index is 741. The third-order valence-corrected chi connectivity index (χ3v) is 5.83. The molecule has 26 heavy (non-hydrogen) atoms. The number of nitrogens with zero attached hydrogens (tertiary/aromatic N) is 4. The Morgan fingerprint density at radius 2 is 1.85 bits per heavy atom. The van der Waals surface area contributed by atoms with Crippen molar-refractivity contribution < 1.29 is 0 Å². The zero-order valence-electron chi connectivity index (χ0n) is 16.7. The molecule has 1 saturated heterocycles. The molecule has 0 spiro atoms. The van der Waals surface area contributed by atoms with Gasteiger partial charge in [0.1, 0.15) is 0 Å². The van der Waals surface area contributed by atoms with Crippen molar-refractivity contribution in [2.24, 2.45) is 10.4 Å². The minimum atomic E-state index is 0.114. The summed E-state index contributed by atoms with van der Waals surface area (Å²) in [5.74, 6) is 1.01. The lowest BCUT2D eigenvalue weighted by atomic mass is 9.65. The lowest BCUT2D eigenvalue weighted by Gasteiger charge is -2.62. The summed E-state index contributed by atoms with van der Waals surface area (Å²) in [4.78, 5) is 11.4. The number of nitrogens with one attached hydrogen (secondary N) is 1. The average molecular weight is 354 g/mol. The second-order valence-corrected chi connectivity index (χ2v) is 8.25. The number of hydrogen-bond acceptors (Lipinski definition) is 2. The topological polar surface area (TPSA) is 45.5 Å². The molecule has 1 fully saturated rings. The Labute approximate surface area is 157 Å². The van der Waals surface area contributed by atoms with Crippen LogP contribution in [0.25, 0.3) is 0 Å². The van der Waals surface area contributed by atoms with Crippen LogP contribution in [0.2, 0.25) is 0 Å². The Morgan fingerprint density at radius 1 is 1.15 bits per heavy atom. The number of aromatic nitrogens is 2. The molecule has 1 aromatic carbocycles. The van der Waals surface area contributed by atoms with E-state index in [1.54, 1.807) is 0 Å². The molecule has 2 aromatic rings. The zero-order chi connectivity index (χ0) is 18.8. The van der Waals surface area contributed by atoms with Crippen molar-refractivity contribution in [2.75, 3.05) is 13.1 Å². The first-order chi connectivity index (χ1) is 12.3. The Hall–Kier alpha value is -2.30. The van der Waals surface area contributed by atoms with Crippen molar-refractivity contribution in [1.82, 2.24) is 19.8 Å². The molecule has 1 aliphatic heterocycles. The van der Waals surface area contributed by atoms with Crippen LogP contribution < -0.4 is 5.32 Å². The molecule has 0 atom stereocenters. The van der Waals surface area contributed by atoms with Crippen LogP contribution in [0.1, 0.15) is 45.7 Å². The van der Waals surface area contributed by atoms with Crippen LogP contribution in [0, 0.1) is 5.41 Å². The summed E-state index contributed by atoms with van der Waals surface area (Å²) in [6.45, 7) is 14.8. The third kappa shape index (κ3) is 3.62. The zero-order valence-corrected chi connectivity index (χ0v) is 16.7. The molecular formula is C21H31N5. The molecule has 5 heteroatoms. The third-order valence-electron chi connectivity index (χ3n) is 5.83. The molecule has 3 rings (SSSR count). The summed E-state index contributed by atoms with van der Waals surface area (Å²) in [6.07, 6.45) is 5.64. The molecule has 5 nitrogen and oxygen atoms in total. The average Bonchev–Trinajstić information content (AvgIpc) is 3.11. The highest BCUT2D eigenvalue weighted by molar-refractivity contribution is 5.82. The molecular weight excluding hydrogens is 322 g/mol. The van der Waals surface area contributed by atoms with E-state index in [2.05, 4.69) is 78.7 Å². The number of aliphatic imine (C=N–C) groups is 1. The van der Waals surface area contributed by atoms with E-state index in [1.165, 1.54) is 11.1 Å². The van der Waals surface area contributed by atoms with Gasteiger partial charge >= 0.3 is 0 Å². The summed E-state index contributed by atoms with van der Waals surface area (Å²) in [7, 11) is 0. The lowest BCUT2D eigenvalue weighted by Crippen LogP contribution is -2.72. The number of benzene rings is 1. The second-order valence-electron chi connectivity index (χ2n) is 8.25. The van der Waals surface area contributed by atoms with Gasteiger partial charge in [0.05, 0.1) is 12.9 Å². The molecule has 1 aliphatic rings. The van der Waals surface area contributed by atoms with Crippen LogP contribution in [0.3, 0.4) is 0 Å². The summed E-state index contributed by atoms with van der Waals surface area (Å²) < 4.78 is 2.07. The highest BCUT2D eigenvalue weighted by Gasteiger charge is 2.53. The van der Waals surface area contributed by atoms with E-state index in [-0.39, 0.29) is 5.54 Å². The molecule has 140 valence electrons. The van der Waals surface area contributed by atoms with Crippen molar-refractivity contribution in [2.45, 2.75) is 53.2 Å². The second kappa shape index (κ2) is 7.14. The smallest absolute Gasteiger partial charge is 0.194 e. The lowest BCUT2D eigenvalue weighted by molar-refractivity contribution is -0.0667. The van der Waals surface area contributed by atoms with Gasteiger partial charge in [0.15, 0.2) is 5.96 Å². The first-order valence-electron chi connectivity index (χ1n) is 9.43. The fraction of sp³-hybridized carbons (Fsp3) is 0.524. The molecule has 1 aromatic heterocycles. The molecule has 0 radical (unpaired) electrons. The molecule has 0 amide bonds. The van der Waals surface area contributed by atoms with Gasteiger partial charge in [-0.15, -0.1) is 0 Å². The van der Waals surface area contributed by atoms with Crippen LogP contribution in [0.4, 0.5) is 0 Å². The molecule has 0 aliphatic carbocycles. The Balaban J connectivity index is 1.66. The predicted molar refractivity (Wildman–Crippen MR) is 107 cm³/mol. The fourth-order valence-electron chi connectivity index (χ4n) is 3.30. The SMILES string of the molecule is CCNC(=NCc1ccc(Cn2ccnc2)cc1)N1CC(C)(C)C1(C)C. The minimum absolute atomic E-state index is 0.114. The van der Waals surface area contributed by atoms with Crippen LogP contribution in [0.5, 0.6) is 0 Å². The van der Waals surface area contributed by atoms with Gasteiger partial charge in [-0.25, -0.2) is 9.98 Å². The van der Waals surface area contributed by atoms with E-state index in [4.69, 9.17) is 4.99 Å². The number of likely N-dealkylation sites (tertiary alicyclic amines) is 1. The van der Waals surface area contributed by atoms with Crippen molar-refractivity contribution in [1.29, 1.82) is 0 Å². The summed E-state index contributed by atoms with van der Waals surface area (Å²) >= 11 is 0. The molecule has 1 N–H and O–H groups in total. The van der Waals surface area contributed by atoms with Gasteiger partial charge in [-0.1, -0.05) is 38.1 Å². The summed E-state index contributed by atoms with van der Waals surface area (Å²) in [6, 6.07) is 8.69. The highest BCUT2D eigenvalue weighted by atomic mass is 15.4. The maximum atomic E-state index is 4.89. The Kier molecular flexibility index (Phi) is 5.08. The van der Waals surface area contributed by atoms with E-state index in [0.717, 1.165) is 25.6 Å². The minimum Gasteiger partial charge on any atom is -0.356 e. The predicted octanol–water partition coefficient (Wildman–Crippen LogP) is 3.52. The van der Waals surface area contributed by atoms with Gasteiger partial charge < -0.3 is 14.8 Å². The molecule has 0 unspecified atom stereocenters. The maximum absolute atomic E-state index is 4.89. The van der Waals surface area contributed by atoms with Gasteiger partial charge in [-0.2, -0.15) is 0 Å². The first kappa shape index (κ1) is 18.5. The molecule has 2 heterocycles. The summed E-state index contributed by atoms with van der Waals surface area (Å²) in [5, 5.41) is 3.45. The van der Waals surface area contributed by atoms with E-state index < -0.39 is 0 Å². The first-order valence-corrected chi connectivity index (χ1v) is 9.43. The molecule has 0 bridgehead atoms. The van der Waals surface area contributed by atoms with E-state index in [1.807, 2.05) is 18.7 Å². The largest absolute Gasteiger partial charge is 0.356 e. The van der Waals surface area contributed by atoms with Crippen LogP contribution >= 0.6 is 0 Å². The number of imidazole rings is 1. The van der Waals surface area contributed by atoms with Crippen molar-refractivity contribution in [3.05, 3.63) is 54.1 Å². The standard InChI is InChI=1S/C21H31N5/c1-6-23-19(26-15-20(2,3)21(26,4)5)24-13-17-7-9-18(10-8-17)14-25-12-11-22-16-25/h7-12,16H,6,13-15H2,1-5H3,(H,23,24). The van der Waals surface area contributed by atoms with Crippen LogP contribution in [0.15, 0.2) is 48.0 Å². The van der Waals surface area contributed by atoms with Crippen molar-refractivity contribution in [3.63, 3.8) is 0 Å². The number of guanidine groups is 1. The van der Waals surface area contributed by atoms with Gasteiger partial charge in [-0.05, 0) is 31.9 Å².